The van der Waals surface area contributed by atoms with E-state index in [4.69, 9.17) is 5.11 Å². The minimum absolute atomic E-state index is 0.00152. The van der Waals surface area contributed by atoms with Gasteiger partial charge in [0.2, 0.25) is 23.4 Å². The topological polar surface area (TPSA) is 113 Å². The van der Waals surface area contributed by atoms with Gasteiger partial charge >= 0.3 is 5.97 Å². The average molecular weight is 504 g/mol. The summed E-state index contributed by atoms with van der Waals surface area (Å²) in [5.74, 6) is -12.3. The van der Waals surface area contributed by atoms with Gasteiger partial charge in [-0.2, -0.15) is 8.78 Å². The Kier molecular flexibility index (Phi) is 10.5. The number of carboxylic acid groups (broad SMARTS) is 1. The number of hydrogen-bond donors (Lipinski definition) is 2. The molecule has 0 unspecified atom stereocenters. The Morgan fingerprint density at radius 2 is 1.69 bits per heavy atom. The highest BCUT2D eigenvalue weighted by Gasteiger charge is 2.31. The number of ether oxygens (including phenoxy) is 1. The third kappa shape index (κ3) is 7.93. The molecule has 1 fully saturated rings. The smallest absolute Gasteiger partial charge is 0.305 e. The number of carbonyl (C=O) groups excluding carboxylic acids is 3. The quantitative estimate of drug-likeness (QED) is 0.257. The van der Waals surface area contributed by atoms with Gasteiger partial charge in [0.05, 0.1) is 6.42 Å². The first-order valence-electron chi connectivity index (χ1n) is 11.3. The number of piperidine rings is 1. The number of nitrogens with zero attached hydrogens (tertiary/aromatic N) is 1. The van der Waals surface area contributed by atoms with Crippen LogP contribution in [0.3, 0.4) is 0 Å². The second-order valence-electron chi connectivity index (χ2n) is 8.32. The Morgan fingerprint density at radius 3 is 2.23 bits per heavy atom. The lowest BCUT2D eigenvalue weighted by Gasteiger charge is -2.32. The van der Waals surface area contributed by atoms with E-state index in [2.05, 4.69) is 10.1 Å². The number of rotatable bonds is 12. The zero-order valence-electron chi connectivity index (χ0n) is 19.3. The normalized spacial score (nSPS) is 14.9. The van der Waals surface area contributed by atoms with Crippen LogP contribution in [0.25, 0.3) is 0 Å². The molecule has 1 aromatic rings. The van der Waals surface area contributed by atoms with E-state index in [-0.39, 0.29) is 12.0 Å². The largest absolute Gasteiger partial charge is 0.481 e. The Hall–Kier alpha value is -3.18. The van der Waals surface area contributed by atoms with E-state index < -0.39 is 71.7 Å². The summed E-state index contributed by atoms with van der Waals surface area (Å²) in [6.07, 6.45) is 2.93. The van der Waals surface area contributed by atoms with E-state index in [1.807, 2.05) is 6.92 Å². The van der Waals surface area contributed by atoms with Crippen molar-refractivity contribution in [3.8, 4) is 5.75 Å². The van der Waals surface area contributed by atoms with Crippen LogP contribution in [0.2, 0.25) is 0 Å². The van der Waals surface area contributed by atoms with Gasteiger partial charge in [-0.3, -0.25) is 19.2 Å². The van der Waals surface area contributed by atoms with Crippen LogP contribution in [0.4, 0.5) is 17.6 Å². The number of likely N-dealkylation sites (tertiary alicyclic amines) is 1. The molecule has 1 atom stereocenters. The van der Waals surface area contributed by atoms with Gasteiger partial charge in [0, 0.05) is 31.5 Å². The van der Waals surface area contributed by atoms with Gasteiger partial charge < -0.3 is 20.1 Å². The maximum absolute atomic E-state index is 13.7. The number of unbranched alkanes of at least 4 members (excludes halogenated alkanes) is 2. The number of carboxylic acids is 1. The molecule has 0 aromatic heterocycles. The first-order chi connectivity index (χ1) is 16.5. The summed E-state index contributed by atoms with van der Waals surface area (Å²) in [5, 5.41) is 11.4. The monoisotopic (exact) mass is 504 g/mol. The summed E-state index contributed by atoms with van der Waals surface area (Å²) in [6, 6.07) is -1.63. The summed E-state index contributed by atoms with van der Waals surface area (Å²) in [4.78, 5) is 50.1. The second-order valence-corrected chi connectivity index (χ2v) is 8.32. The van der Waals surface area contributed by atoms with Crippen molar-refractivity contribution in [2.24, 2.45) is 5.92 Å². The van der Waals surface area contributed by atoms with Gasteiger partial charge in [0.15, 0.2) is 23.2 Å². The van der Waals surface area contributed by atoms with Crippen LogP contribution in [0, 0.1) is 29.2 Å². The molecule has 1 saturated heterocycles. The summed E-state index contributed by atoms with van der Waals surface area (Å²) < 4.78 is 58.6. The molecule has 1 aliphatic heterocycles. The van der Waals surface area contributed by atoms with Crippen LogP contribution in [0.1, 0.15) is 51.9 Å². The minimum Gasteiger partial charge on any atom is -0.481 e. The highest BCUT2D eigenvalue weighted by molar-refractivity contribution is 5.93. The molecule has 1 aliphatic rings. The minimum atomic E-state index is -1.86. The van der Waals surface area contributed by atoms with E-state index >= 15 is 0 Å². The molecule has 2 amide bonds. The van der Waals surface area contributed by atoms with E-state index in [1.54, 1.807) is 4.90 Å². The third-order valence-corrected chi connectivity index (χ3v) is 5.73. The van der Waals surface area contributed by atoms with Crippen molar-refractivity contribution in [3.63, 3.8) is 0 Å². The highest BCUT2D eigenvalue weighted by atomic mass is 19.2. The maximum Gasteiger partial charge on any atom is 0.305 e. The van der Waals surface area contributed by atoms with Crippen LogP contribution in [-0.4, -0.2) is 59.3 Å². The molecule has 1 aromatic carbocycles. The lowest BCUT2D eigenvalue weighted by molar-refractivity contribution is -0.141. The van der Waals surface area contributed by atoms with Crippen LogP contribution in [0.15, 0.2) is 6.07 Å². The molecule has 35 heavy (non-hydrogen) atoms. The van der Waals surface area contributed by atoms with Crippen LogP contribution in [-0.2, 0) is 19.2 Å². The Labute approximate surface area is 199 Å². The molecule has 0 radical (unpaired) electrons. The molecule has 0 spiro atoms. The van der Waals surface area contributed by atoms with Gasteiger partial charge in [-0.05, 0) is 19.3 Å². The van der Waals surface area contributed by atoms with Gasteiger partial charge in [-0.1, -0.05) is 19.8 Å². The standard InChI is InChI=1S/C23H28F4N2O6/c1-2-3-4-5-18(31)29-8-6-13(7-9-29)23(34)28-16(11-19(32)33)17(30)12-35-22-20(26)14(24)10-15(25)21(22)27/h10,13,16H,2-9,11-12H2,1H3,(H,28,34)(H,32,33)/t16-/m0/s1. The molecule has 2 N–H and O–H groups in total. The number of Topliss-reactive ketones (excluding diaryl/α,β-unsaturated/α-hetero) is 1. The van der Waals surface area contributed by atoms with Crippen LogP contribution in [0.5, 0.6) is 5.75 Å². The predicted octanol–water partition coefficient (Wildman–Crippen LogP) is 2.97. The third-order valence-electron chi connectivity index (χ3n) is 5.73. The Balaban J connectivity index is 1.96. The van der Waals surface area contributed by atoms with Gasteiger partial charge in [-0.25, -0.2) is 8.78 Å². The Morgan fingerprint density at radius 1 is 1.09 bits per heavy atom. The van der Waals surface area contributed by atoms with Crippen molar-refractivity contribution < 1.29 is 46.6 Å². The zero-order chi connectivity index (χ0) is 26.1. The number of benzene rings is 1. The van der Waals surface area contributed by atoms with Crippen molar-refractivity contribution in [2.45, 2.75) is 57.9 Å². The molecule has 12 heteroatoms. The first kappa shape index (κ1) is 28.1. The SMILES string of the molecule is CCCCCC(=O)N1CCC(C(=O)N[C@@H](CC(=O)O)C(=O)COc2c(F)c(F)cc(F)c2F)CC1. The number of amides is 2. The number of hydrogen-bond acceptors (Lipinski definition) is 5. The van der Waals surface area contributed by atoms with Crippen molar-refractivity contribution in [1.29, 1.82) is 0 Å². The molecule has 0 aliphatic carbocycles. The van der Waals surface area contributed by atoms with Crippen molar-refractivity contribution in [3.05, 3.63) is 29.3 Å². The van der Waals surface area contributed by atoms with E-state index in [1.165, 1.54) is 0 Å². The van der Waals surface area contributed by atoms with Crippen molar-refractivity contribution >= 4 is 23.6 Å². The summed E-state index contributed by atoms with van der Waals surface area (Å²) in [5.41, 5.74) is 0. The molecule has 0 saturated carbocycles. The number of aliphatic carboxylic acids is 1. The molecule has 194 valence electrons. The fourth-order valence-corrected chi connectivity index (χ4v) is 3.71. The number of carbonyl (C=O) groups is 4. The molecular formula is C23H28F4N2O6. The van der Waals surface area contributed by atoms with Crippen molar-refractivity contribution in [2.75, 3.05) is 19.7 Å². The van der Waals surface area contributed by atoms with Crippen LogP contribution < -0.4 is 10.1 Å². The number of nitrogens with one attached hydrogen (secondary N) is 1. The van der Waals surface area contributed by atoms with Gasteiger partial charge in [-0.15, -0.1) is 0 Å². The van der Waals surface area contributed by atoms with E-state index in [9.17, 15) is 36.7 Å². The molecule has 0 bridgehead atoms. The second kappa shape index (κ2) is 13.1. The van der Waals surface area contributed by atoms with Crippen LogP contribution >= 0.6 is 0 Å². The van der Waals surface area contributed by atoms with Crippen molar-refractivity contribution in [1.82, 2.24) is 10.2 Å². The van der Waals surface area contributed by atoms with E-state index in [0.29, 0.717) is 32.4 Å². The van der Waals surface area contributed by atoms with Gasteiger partial charge in [0.25, 0.3) is 0 Å². The molecule has 8 nitrogen and oxygen atoms in total. The van der Waals surface area contributed by atoms with E-state index in [0.717, 1.165) is 19.3 Å². The lowest BCUT2D eigenvalue weighted by Crippen LogP contribution is -2.49. The average Bonchev–Trinajstić information content (AvgIpc) is 2.82. The molecule has 2 rings (SSSR count). The van der Waals surface area contributed by atoms with Gasteiger partial charge in [0.1, 0.15) is 12.6 Å². The molecule has 1 heterocycles. The summed E-state index contributed by atoms with van der Waals surface area (Å²) in [7, 11) is 0. The lowest BCUT2D eigenvalue weighted by atomic mass is 9.94. The summed E-state index contributed by atoms with van der Waals surface area (Å²) in [6.45, 7) is 1.57. The maximum atomic E-state index is 13.7. The number of halogens is 4. The number of ketones is 1. The fraction of sp³-hybridized carbons (Fsp3) is 0.565. The highest BCUT2D eigenvalue weighted by Crippen LogP contribution is 2.26. The zero-order valence-corrected chi connectivity index (χ0v) is 19.3. The first-order valence-corrected chi connectivity index (χ1v) is 11.3. The fourth-order valence-electron chi connectivity index (χ4n) is 3.71. The molecular weight excluding hydrogens is 476 g/mol. The summed E-state index contributed by atoms with van der Waals surface area (Å²) >= 11 is 0. The predicted molar refractivity (Wildman–Crippen MR) is 114 cm³/mol. The Bertz CT molecular complexity index is 924.